The molecule has 0 saturated carbocycles. The minimum absolute atomic E-state index is 0.0654. The second kappa shape index (κ2) is 8.48. The predicted molar refractivity (Wildman–Crippen MR) is 147 cm³/mol. The first kappa shape index (κ1) is 23.0. The number of amides is 2. The van der Waals surface area contributed by atoms with E-state index in [1.807, 2.05) is 56.3 Å². The number of halogens is 4. The van der Waals surface area contributed by atoms with Crippen LogP contribution in [0, 0.1) is 13.8 Å². The highest BCUT2D eigenvalue weighted by molar-refractivity contribution is 9.11. The fraction of sp³-hybridized carbons (Fsp3) is 0.120. The van der Waals surface area contributed by atoms with E-state index in [1.165, 1.54) is 0 Å². The van der Waals surface area contributed by atoms with Gasteiger partial charge in [-0.15, -0.1) is 0 Å². The van der Waals surface area contributed by atoms with Crippen molar-refractivity contribution in [2.45, 2.75) is 19.8 Å². The summed E-state index contributed by atoms with van der Waals surface area (Å²) in [5, 5.41) is 5.98. The van der Waals surface area contributed by atoms with Gasteiger partial charge in [-0.25, -0.2) is 0 Å². The van der Waals surface area contributed by atoms with Gasteiger partial charge in [0.15, 0.2) is 0 Å². The molecule has 2 amide bonds. The Labute approximate surface area is 224 Å². The van der Waals surface area contributed by atoms with Crippen LogP contribution in [0.5, 0.6) is 0 Å². The lowest BCUT2D eigenvalue weighted by atomic mass is 9.88. The van der Waals surface area contributed by atoms with Crippen LogP contribution in [0.4, 0.5) is 11.4 Å². The molecule has 2 N–H and O–H groups in total. The number of carbonyl (C=O) groups is 2. The zero-order valence-electron chi connectivity index (χ0n) is 17.4. The van der Waals surface area contributed by atoms with Crippen LogP contribution in [-0.4, -0.2) is 11.8 Å². The number of fused-ring (bicyclic) bond motifs is 2. The number of hydrogen-bond donors (Lipinski definition) is 2. The highest BCUT2D eigenvalue weighted by Gasteiger charge is 2.36. The van der Waals surface area contributed by atoms with Gasteiger partial charge in [-0.05, 0) is 91.7 Å². The van der Waals surface area contributed by atoms with Gasteiger partial charge in [-0.1, -0.05) is 56.1 Å². The monoisotopic (exact) mass is 692 g/mol. The SMILES string of the molecule is Cc1c(Br)cc(Br)c2c1/C(=C/c1cccc(C3C(=O)Nc4c(Br)cc(Br)c(C)c43)c1)C(=O)N2. The van der Waals surface area contributed by atoms with Crippen molar-refractivity contribution < 1.29 is 9.59 Å². The zero-order chi connectivity index (χ0) is 23.6. The van der Waals surface area contributed by atoms with E-state index in [9.17, 15) is 9.59 Å². The average Bonchev–Trinajstić information content (AvgIpc) is 3.29. The number of nitrogens with one attached hydrogen (secondary N) is 2. The van der Waals surface area contributed by atoms with Crippen LogP contribution in [0.3, 0.4) is 0 Å². The van der Waals surface area contributed by atoms with Crippen LogP contribution < -0.4 is 10.6 Å². The molecule has 8 heteroatoms. The predicted octanol–water partition coefficient (Wildman–Crippen LogP) is 7.93. The number of carbonyl (C=O) groups excluding carboxylic acids is 2. The Morgan fingerprint density at radius 2 is 1.48 bits per heavy atom. The van der Waals surface area contributed by atoms with Gasteiger partial charge in [0.25, 0.3) is 5.91 Å². The van der Waals surface area contributed by atoms with Gasteiger partial charge in [0, 0.05) is 29.0 Å². The van der Waals surface area contributed by atoms with Crippen LogP contribution in [-0.2, 0) is 9.59 Å². The molecule has 0 spiro atoms. The molecule has 3 aromatic rings. The van der Waals surface area contributed by atoms with Gasteiger partial charge in [0.2, 0.25) is 5.91 Å². The summed E-state index contributed by atoms with van der Waals surface area (Å²) in [5.41, 5.74) is 7.76. The summed E-state index contributed by atoms with van der Waals surface area (Å²) in [6.45, 7) is 3.99. The molecule has 2 aliphatic rings. The molecule has 0 bridgehead atoms. The van der Waals surface area contributed by atoms with E-state index in [1.54, 1.807) is 0 Å². The molecule has 5 rings (SSSR count). The standard InChI is InChI=1S/C25H16Br4N2O2/c1-10-15(26)8-17(28)22-19(10)14(24(32)30-22)7-12-4-3-5-13(6-12)21-20-11(2)16(27)9-18(29)23(20)31-25(21)33/h3-9,21H,1-2H3,(H,30,32)(H,31,33)/b14-7-. The van der Waals surface area contributed by atoms with Crippen molar-refractivity contribution >= 4 is 98.6 Å². The Morgan fingerprint density at radius 1 is 0.818 bits per heavy atom. The van der Waals surface area contributed by atoms with Crippen LogP contribution in [0.1, 0.15) is 39.3 Å². The molecule has 4 nitrogen and oxygen atoms in total. The molecule has 0 fully saturated rings. The van der Waals surface area contributed by atoms with Crippen LogP contribution in [0.25, 0.3) is 11.6 Å². The number of hydrogen-bond acceptors (Lipinski definition) is 2. The lowest BCUT2D eigenvalue weighted by Crippen LogP contribution is -2.13. The molecule has 0 saturated heterocycles. The Bertz CT molecular complexity index is 1430. The quantitative estimate of drug-likeness (QED) is 0.268. The van der Waals surface area contributed by atoms with Crippen LogP contribution in [0.15, 0.2) is 54.3 Å². The number of rotatable bonds is 2. The van der Waals surface area contributed by atoms with E-state index in [-0.39, 0.29) is 11.8 Å². The van der Waals surface area contributed by atoms with Gasteiger partial charge in [0.05, 0.1) is 17.3 Å². The maximum Gasteiger partial charge on any atom is 0.256 e. The minimum Gasteiger partial charge on any atom is -0.324 e. The van der Waals surface area contributed by atoms with E-state index >= 15 is 0 Å². The highest BCUT2D eigenvalue weighted by atomic mass is 79.9. The third kappa shape index (κ3) is 3.75. The van der Waals surface area contributed by atoms with Crippen molar-refractivity contribution in [2.24, 2.45) is 0 Å². The Kier molecular flexibility index (Phi) is 5.92. The largest absolute Gasteiger partial charge is 0.324 e. The fourth-order valence-corrected chi connectivity index (χ4v) is 7.02. The third-order valence-electron chi connectivity index (χ3n) is 6.11. The van der Waals surface area contributed by atoms with Crippen molar-refractivity contribution in [1.29, 1.82) is 0 Å². The molecule has 2 aliphatic heterocycles. The molecule has 0 aromatic heterocycles. The Hall–Kier alpha value is -1.74. The normalized spacial score (nSPS) is 17.8. The van der Waals surface area contributed by atoms with Gasteiger partial charge in [0.1, 0.15) is 0 Å². The lowest BCUT2D eigenvalue weighted by Gasteiger charge is -2.14. The Morgan fingerprint density at radius 3 is 2.21 bits per heavy atom. The molecule has 1 unspecified atom stereocenters. The van der Waals surface area contributed by atoms with Gasteiger partial charge in [-0.2, -0.15) is 0 Å². The van der Waals surface area contributed by atoms with Crippen molar-refractivity contribution in [2.75, 3.05) is 10.6 Å². The first-order chi connectivity index (χ1) is 15.7. The molecule has 3 aromatic carbocycles. The highest BCUT2D eigenvalue weighted by Crippen LogP contribution is 2.46. The average molecular weight is 696 g/mol. The Balaban J connectivity index is 1.63. The second-order valence-electron chi connectivity index (χ2n) is 8.07. The third-order valence-corrected chi connectivity index (χ3v) is 9.00. The summed E-state index contributed by atoms with van der Waals surface area (Å²) >= 11 is 14.3. The molecule has 166 valence electrons. The van der Waals surface area contributed by atoms with Gasteiger partial charge in [-0.3, -0.25) is 9.59 Å². The van der Waals surface area contributed by atoms with Gasteiger partial charge < -0.3 is 10.6 Å². The van der Waals surface area contributed by atoms with Gasteiger partial charge >= 0.3 is 0 Å². The van der Waals surface area contributed by atoms with E-state index < -0.39 is 5.92 Å². The summed E-state index contributed by atoms with van der Waals surface area (Å²) < 4.78 is 3.54. The van der Waals surface area contributed by atoms with Crippen molar-refractivity contribution in [1.82, 2.24) is 0 Å². The van der Waals surface area contributed by atoms with Crippen molar-refractivity contribution in [3.8, 4) is 0 Å². The number of benzene rings is 3. The minimum atomic E-state index is -0.429. The molecule has 1 atom stereocenters. The van der Waals surface area contributed by atoms with E-state index in [0.29, 0.717) is 5.57 Å². The summed E-state index contributed by atoms with van der Waals surface area (Å²) in [4.78, 5) is 25.8. The topological polar surface area (TPSA) is 58.2 Å². The van der Waals surface area contributed by atoms with E-state index in [4.69, 9.17) is 0 Å². The molecule has 0 radical (unpaired) electrons. The summed E-state index contributed by atoms with van der Waals surface area (Å²) in [6, 6.07) is 11.7. The molecular formula is C25H16Br4N2O2. The number of anilines is 2. The first-order valence-corrected chi connectivity index (χ1v) is 13.3. The molecule has 2 heterocycles. The summed E-state index contributed by atoms with van der Waals surface area (Å²) in [5.74, 6) is -0.642. The van der Waals surface area contributed by atoms with E-state index in [2.05, 4.69) is 74.4 Å². The zero-order valence-corrected chi connectivity index (χ0v) is 23.8. The van der Waals surface area contributed by atoms with E-state index in [0.717, 1.165) is 62.6 Å². The fourth-order valence-electron chi connectivity index (χ4n) is 4.47. The first-order valence-electron chi connectivity index (χ1n) is 10.1. The summed E-state index contributed by atoms with van der Waals surface area (Å²) in [6.07, 6.45) is 1.88. The maximum absolute atomic E-state index is 13.0. The van der Waals surface area contributed by atoms with Crippen LogP contribution >= 0.6 is 63.7 Å². The smallest absolute Gasteiger partial charge is 0.256 e. The lowest BCUT2D eigenvalue weighted by molar-refractivity contribution is -0.116. The second-order valence-corrected chi connectivity index (χ2v) is 11.5. The van der Waals surface area contributed by atoms with Crippen LogP contribution in [0.2, 0.25) is 0 Å². The molecule has 33 heavy (non-hydrogen) atoms. The molecular weight excluding hydrogens is 680 g/mol. The van der Waals surface area contributed by atoms with Crippen molar-refractivity contribution in [3.05, 3.63) is 87.7 Å². The van der Waals surface area contributed by atoms with Crippen molar-refractivity contribution in [3.63, 3.8) is 0 Å². The maximum atomic E-state index is 13.0. The molecule has 0 aliphatic carbocycles. The summed E-state index contributed by atoms with van der Waals surface area (Å²) in [7, 11) is 0.